The van der Waals surface area contributed by atoms with Gasteiger partial charge in [-0.2, -0.15) is 0 Å². The molecule has 3 nitrogen and oxygen atoms in total. The number of amides is 1. The van der Waals surface area contributed by atoms with Crippen LogP contribution in [0.5, 0.6) is 0 Å². The van der Waals surface area contributed by atoms with Gasteiger partial charge in [0.1, 0.15) is 0 Å². The zero-order chi connectivity index (χ0) is 15.3. The molecule has 0 spiro atoms. The lowest BCUT2D eigenvalue weighted by molar-refractivity contribution is -0.136. The highest BCUT2D eigenvalue weighted by molar-refractivity contribution is 5.77. The van der Waals surface area contributed by atoms with Crippen molar-refractivity contribution in [3.05, 3.63) is 0 Å². The van der Waals surface area contributed by atoms with E-state index in [0.29, 0.717) is 30.2 Å². The fraction of sp³-hybridized carbons (Fsp3) is 0.941. The summed E-state index contributed by atoms with van der Waals surface area (Å²) in [7, 11) is 0. The fourth-order valence-corrected chi connectivity index (χ4v) is 3.59. The van der Waals surface area contributed by atoms with Crippen molar-refractivity contribution in [3.63, 3.8) is 0 Å². The number of nitrogens with zero attached hydrogens (tertiary/aromatic N) is 1. The van der Waals surface area contributed by atoms with Crippen molar-refractivity contribution in [2.45, 2.75) is 72.8 Å². The van der Waals surface area contributed by atoms with Gasteiger partial charge in [-0.25, -0.2) is 0 Å². The Labute approximate surface area is 125 Å². The normalized spacial score (nSPS) is 25.6. The van der Waals surface area contributed by atoms with Crippen LogP contribution in [-0.2, 0) is 4.79 Å². The molecule has 0 aromatic rings. The number of carbonyl (C=O) groups excluding carboxylic acids is 1. The Morgan fingerprint density at radius 3 is 2.55 bits per heavy atom. The molecular weight excluding hydrogens is 248 g/mol. The molecule has 1 heterocycles. The summed E-state index contributed by atoms with van der Waals surface area (Å²) in [6.07, 6.45) is 5.21. The van der Waals surface area contributed by atoms with Gasteiger partial charge >= 0.3 is 0 Å². The highest BCUT2D eigenvalue weighted by Gasteiger charge is 2.30. The molecule has 20 heavy (non-hydrogen) atoms. The van der Waals surface area contributed by atoms with Crippen molar-refractivity contribution in [1.29, 1.82) is 0 Å². The Hall–Kier alpha value is -0.570. The van der Waals surface area contributed by atoms with Gasteiger partial charge in [0, 0.05) is 25.6 Å². The molecule has 0 radical (unpaired) electrons. The molecule has 1 aliphatic heterocycles. The second-order valence-corrected chi connectivity index (χ2v) is 7.85. The molecule has 1 aliphatic rings. The van der Waals surface area contributed by atoms with Gasteiger partial charge in [-0.05, 0) is 36.5 Å². The lowest BCUT2D eigenvalue weighted by Crippen LogP contribution is -2.49. The fourth-order valence-electron chi connectivity index (χ4n) is 3.59. The average Bonchev–Trinajstić information content (AvgIpc) is 2.35. The summed E-state index contributed by atoms with van der Waals surface area (Å²) in [5, 5.41) is 0. The molecule has 1 rings (SSSR count). The van der Waals surface area contributed by atoms with Crippen LogP contribution in [0.3, 0.4) is 0 Å². The Kier molecular flexibility index (Phi) is 6.50. The standard InChI is InChI=1S/C17H34N2O/c1-6-14-7-8-19(15(10-14)12-18)16(20)9-13(2)11-17(3,4)5/h13-15H,6-12,18H2,1-5H3. The van der Waals surface area contributed by atoms with E-state index in [4.69, 9.17) is 5.73 Å². The third-order valence-electron chi connectivity index (χ3n) is 4.48. The predicted octanol–water partition coefficient (Wildman–Crippen LogP) is 3.42. The first-order valence-corrected chi connectivity index (χ1v) is 8.26. The molecule has 1 fully saturated rings. The summed E-state index contributed by atoms with van der Waals surface area (Å²) in [6.45, 7) is 12.7. The highest BCUT2D eigenvalue weighted by atomic mass is 16.2. The summed E-state index contributed by atoms with van der Waals surface area (Å²) in [5.74, 6) is 1.51. The molecule has 3 atom stereocenters. The molecule has 0 aromatic carbocycles. The monoisotopic (exact) mass is 282 g/mol. The number of piperidine rings is 1. The van der Waals surface area contributed by atoms with E-state index in [1.807, 2.05) is 0 Å². The summed E-state index contributed by atoms with van der Waals surface area (Å²) in [6, 6.07) is 0.267. The highest BCUT2D eigenvalue weighted by Crippen LogP contribution is 2.29. The van der Waals surface area contributed by atoms with Crippen molar-refractivity contribution in [2.75, 3.05) is 13.1 Å². The maximum absolute atomic E-state index is 12.5. The van der Waals surface area contributed by atoms with Crippen LogP contribution < -0.4 is 5.73 Å². The Bertz CT molecular complexity index is 309. The van der Waals surface area contributed by atoms with Crippen molar-refractivity contribution in [1.82, 2.24) is 4.90 Å². The van der Waals surface area contributed by atoms with Crippen LogP contribution in [0.4, 0.5) is 0 Å². The summed E-state index contributed by atoms with van der Waals surface area (Å²) < 4.78 is 0. The third-order valence-corrected chi connectivity index (χ3v) is 4.48. The predicted molar refractivity (Wildman–Crippen MR) is 85.4 cm³/mol. The molecule has 0 bridgehead atoms. The lowest BCUT2D eigenvalue weighted by Gasteiger charge is -2.39. The molecule has 3 unspecified atom stereocenters. The average molecular weight is 282 g/mol. The van der Waals surface area contributed by atoms with Crippen LogP contribution in [0.2, 0.25) is 0 Å². The zero-order valence-electron chi connectivity index (χ0n) is 14.1. The van der Waals surface area contributed by atoms with Crippen molar-refractivity contribution >= 4 is 5.91 Å². The molecular formula is C17H34N2O. The zero-order valence-corrected chi connectivity index (χ0v) is 14.1. The van der Waals surface area contributed by atoms with Gasteiger partial charge in [-0.15, -0.1) is 0 Å². The third kappa shape index (κ3) is 5.43. The van der Waals surface area contributed by atoms with Crippen LogP contribution in [0, 0.1) is 17.3 Å². The number of rotatable bonds is 5. The van der Waals surface area contributed by atoms with Crippen LogP contribution in [0.25, 0.3) is 0 Å². The van der Waals surface area contributed by atoms with E-state index in [0.717, 1.165) is 31.7 Å². The van der Waals surface area contributed by atoms with Crippen LogP contribution in [0.1, 0.15) is 66.7 Å². The van der Waals surface area contributed by atoms with Crippen molar-refractivity contribution in [2.24, 2.45) is 23.0 Å². The van der Waals surface area contributed by atoms with Gasteiger partial charge in [0.2, 0.25) is 5.91 Å². The minimum atomic E-state index is 0.267. The summed E-state index contributed by atoms with van der Waals surface area (Å²) in [5.41, 5.74) is 6.18. The molecule has 0 saturated carbocycles. The van der Waals surface area contributed by atoms with Gasteiger partial charge in [0.05, 0.1) is 0 Å². The minimum Gasteiger partial charge on any atom is -0.338 e. The van der Waals surface area contributed by atoms with Gasteiger partial charge in [0.15, 0.2) is 0 Å². The van der Waals surface area contributed by atoms with Crippen molar-refractivity contribution in [3.8, 4) is 0 Å². The van der Waals surface area contributed by atoms with Crippen LogP contribution >= 0.6 is 0 Å². The minimum absolute atomic E-state index is 0.267. The molecule has 1 saturated heterocycles. The van der Waals surface area contributed by atoms with Gasteiger partial charge < -0.3 is 10.6 Å². The maximum Gasteiger partial charge on any atom is 0.223 e. The number of nitrogens with two attached hydrogens (primary N) is 1. The number of hydrogen-bond donors (Lipinski definition) is 1. The van der Waals surface area contributed by atoms with Crippen molar-refractivity contribution < 1.29 is 4.79 Å². The Balaban J connectivity index is 2.53. The number of carbonyl (C=O) groups is 1. The van der Waals surface area contributed by atoms with Crippen LogP contribution in [0.15, 0.2) is 0 Å². The van der Waals surface area contributed by atoms with Crippen LogP contribution in [-0.4, -0.2) is 29.9 Å². The van der Waals surface area contributed by atoms with Gasteiger partial charge in [0.25, 0.3) is 0 Å². The largest absolute Gasteiger partial charge is 0.338 e. The van der Waals surface area contributed by atoms with E-state index in [9.17, 15) is 4.79 Å². The summed E-state index contributed by atoms with van der Waals surface area (Å²) in [4.78, 5) is 14.6. The Morgan fingerprint density at radius 1 is 1.40 bits per heavy atom. The molecule has 0 aliphatic carbocycles. The molecule has 2 N–H and O–H groups in total. The van der Waals surface area contributed by atoms with Gasteiger partial charge in [-0.3, -0.25) is 4.79 Å². The lowest BCUT2D eigenvalue weighted by atomic mass is 9.83. The molecule has 1 amide bonds. The second-order valence-electron chi connectivity index (χ2n) is 7.85. The van der Waals surface area contributed by atoms with E-state index in [2.05, 4.69) is 39.5 Å². The quantitative estimate of drug-likeness (QED) is 0.840. The van der Waals surface area contributed by atoms with E-state index in [-0.39, 0.29) is 6.04 Å². The number of likely N-dealkylation sites (tertiary alicyclic amines) is 1. The Morgan fingerprint density at radius 2 is 2.05 bits per heavy atom. The second kappa shape index (κ2) is 7.44. The smallest absolute Gasteiger partial charge is 0.223 e. The van der Waals surface area contributed by atoms with E-state index >= 15 is 0 Å². The van der Waals surface area contributed by atoms with E-state index in [1.165, 1.54) is 6.42 Å². The number of hydrogen-bond acceptors (Lipinski definition) is 2. The summed E-state index contributed by atoms with van der Waals surface area (Å²) >= 11 is 0. The first-order valence-electron chi connectivity index (χ1n) is 8.26. The maximum atomic E-state index is 12.5. The molecule has 118 valence electrons. The van der Waals surface area contributed by atoms with E-state index < -0.39 is 0 Å². The molecule has 3 heteroatoms. The first-order chi connectivity index (χ1) is 9.26. The first kappa shape index (κ1) is 17.5. The topological polar surface area (TPSA) is 46.3 Å². The SMILES string of the molecule is CCC1CCN(C(=O)CC(C)CC(C)(C)C)C(CN)C1. The molecule has 0 aromatic heterocycles. The van der Waals surface area contributed by atoms with Gasteiger partial charge in [-0.1, -0.05) is 41.0 Å². The van der Waals surface area contributed by atoms with E-state index in [1.54, 1.807) is 0 Å².